The van der Waals surface area contributed by atoms with Gasteiger partial charge in [0.15, 0.2) is 5.75 Å². The molecule has 0 aromatic heterocycles. The second kappa shape index (κ2) is 7.40. The predicted octanol–water partition coefficient (Wildman–Crippen LogP) is 6.34. The highest BCUT2D eigenvalue weighted by atomic mass is 35.5. The lowest BCUT2D eigenvalue weighted by molar-refractivity contribution is -0.137. The van der Waals surface area contributed by atoms with Gasteiger partial charge in [0.2, 0.25) is 0 Å². The summed E-state index contributed by atoms with van der Waals surface area (Å²) in [5.74, 6) is -0.541. The van der Waals surface area contributed by atoms with Gasteiger partial charge in [-0.05, 0) is 36.8 Å². The van der Waals surface area contributed by atoms with Crippen molar-refractivity contribution >= 4 is 28.9 Å². The van der Waals surface area contributed by atoms with E-state index in [1.165, 1.54) is 18.2 Å². The summed E-state index contributed by atoms with van der Waals surface area (Å²) >= 11 is 11.4. The summed E-state index contributed by atoms with van der Waals surface area (Å²) in [5, 5.41) is 3.71. The Kier molecular flexibility index (Phi) is 5.72. The Morgan fingerprint density at radius 3 is 2.42 bits per heavy atom. The standard InChI is InChI=1S/C16H11Cl2F4NO/c1-2-15(23-24-10-4-6-14(19)13(18)8-10)11-7-9(17)3-5-12(11)16(20,21)22/h3-8H,2H2,1H3. The third-order valence-electron chi connectivity index (χ3n) is 3.09. The van der Waals surface area contributed by atoms with Crippen LogP contribution in [0.15, 0.2) is 41.6 Å². The summed E-state index contributed by atoms with van der Waals surface area (Å²) in [4.78, 5) is 5.08. The number of nitrogens with zero attached hydrogens (tertiary/aromatic N) is 1. The number of benzene rings is 2. The quantitative estimate of drug-likeness (QED) is 0.344. The van der Waals surface area contributed by atoms with Gasteiger partial charge in [-0.25, -0.2) is 4.39 Å². The van der Waals surface area contributed by atoms with Crippen LogP contribution in [0.5, 0.6) is 5.75 Å². The van der Waals surface area contributed by atoms with Gasteiger partial charge >= 0.3 is 6.18 Å². The molecule has 0 radical (unpaired) electrons. The summed E-state index contributed by atoms with van der Waals surface area (Å²) < 4.78 is 52.5. The molecule has 8 heteroatoms. The van der Waals surface area contributed by atoms with Gasteiger partial charge in [-0.3, -0.25) is 0 Å². The normalized spacial score (nSPS) is 12.4. The molecule has 0 N–H and O–H groups in total. The predicted molar refractivity (Wildman–Crippen MR) is 85.3 cm³/mol. The van der Waals surface area contributed by atoms with Crippen molar-refractivity contribution in [1.29, 1.82) is 0 Å². The average molecular weight is 380 g/mol. The van der Waals surface area contributed by atoms with E-state index in [0.29, 0.717) is 0 Å². The molecule has 0 aliphatic carbocycles. The van der Waals surface area contributed by atoms with Crippen LogP contribution in [0, 0.1) is 5.82 Å². The minimum atomic E-state index is -4.56. The van der Waals surface area contributed by atoms with Crippen LogP contribution < -0.4 is 4.84 Å². The Morgan fingerprint density at radius 2 is 1.83 bits per heavy atom. The van der Waals surface area contributed by atoms with Crippen molar-refractivity contribution < 1.29 is 22.4 Å². The Hall–Kier alpha value is -1.79. The van der Waals surface area contributed by atoms with Crippen molar-refractivity contribution in [2.75, 3.05) is 0 Å². The molecule has 0 fully saturated rings. The summed E-state index contributed by atoms with van der Waals surface area (Å²) in [6.45, 7) is 1.63. The van der Waals surface area contributed by atoms with Crippen molar-refractivity contribution in [2.45, 2.75) is 19.5 Å². The maximum absolute atomic E-state index is 13.1. The molecule has 0 unspecified atom stereocenters. The third-order valence-corrected chi connectivity index (χ3v) is 3.61. The zero-order chi connectivity index (χ0) is 17.9. The maximum atomic E-state index is 13.1. The zero-order valence-corrected chi connectivity index (χ0v) is 13.8. The first-order valence-corrected chi connectivity index (χ1v) is 7.54. The van der Waals surface area contributed by atoms with E-state index in [9.17, 15) is 17.6 Å². The molecular formula is C16H11Cl2F4NO. The second-order valence-electron chi connectivity index (χ2n) is 4.75. The molecule has 2 aromatic rings. The van der Waals surface area contributed by atoms with Gasteiger partial charge in [-0.15, -0.1) is 0 Å². The van der Waals surface area contributed by atoms with E-state index in [-0.39, 0.29) is 33.5 Å². The maximum Gasteiger partial charge on any atom is 0.417 e. The van der Waals surface area contributed by atoms with E-state index in [0.717, 1.165) is 18.2 Å². The number of hydrogen-bond donors (Lipinski definition) is 0. The number of halogens is 6. The summed E-state index contributed by atoms with van der Waals surface area (Å²) in [7, 11) is 0. The van der Waals surface area contributed by atoms with Gasteiger partial charge in [-0.2, -0.15) is 13.2 Å². The fourth-order valence-corrected chi connectivity index (χ4v) is 2.29. The van der Waals surface area contributed by atoms with E-state index in [1.807, 2.05) is 0 Å². The van der Waals surface area contributed by atoms with Crippen LogP contribution in [-0.4, -0.2) is 5.71 Å². The van der Waals surface area contributed by atoms with Crippen LogP contribution in [0.25, 0.3) is 0 Å². The molecule has 2 nitrogen and oxygen atoms in total. The third kappa shape index (κ3) is 4.39. The molecule has 0 spiro atoms. The summed E-state index contributed by atoms with van der Waals surface area (Å²) in [5.41, 5.74) is -0.996. The Morgan fingerprint density at radius 1 is 1.12 bits per heavy atom. The molecule has 0 aliphatic rings. The first-order valence-electron chi connectivity index (χ1n) is 6.78. The van der Waals surface area contributed by atoms with Crippen LogP contribution in [0.2, 0.25) is 10.0 Å². The highest BCUT2D eigenvalue weighted by Crippen LogP contribution is 2.34. The minimum absolute atomic E-state index is 0.0465. The number of hydrogen-bond acceptors (Lipinski definition) is 2. The van der Waals surface area contributed by atoms with Gasteiger partial charge in [0, 0.05) is 16.7 Å². The smallest absolute Gasteiger partial charge is 0.357 e. The van der Waals surface area contributed by atoms with Crippen LogP contribution >= 0.6 is 23.2 Å². The molecule has 0 heterocycles. The largest absolute Gasteiger partial charge is 0.417 e. The molecule has 0 aliphatic heterocycles. The molecular weight excluding hydrogens is 369 g/mol. The topological polar surface area (TPSA) is 21.6 Å². The first kappa shape index (κ1) is 18.5. The van der Waals surface area contributed by atoms with Crippen LogP contribution in [0.3, 0.4) is 0 Å². The lowest BCUT2D eigenvalue weighted by atomic mass is 10.0. The monoisotopic (exact) mass is 379 g/mol. The number of rotatable bonds is 4. The van der Waals surface area contributed by atoms with Gasteiger partial charge in [0.25, 0.3) is 0 Å². The van der Waals surface area contributed by atoms with Gasteiger partial charge in [0.1, 0.15) is 5.82 Å². The van der Waals surface area contributed by atoms with Gasteiger partial charge < -0.3 is 4.84 Å². The highest BCUT2D eigenvalue weighted by Gasteiger charge is 2.34. The molecule has 2 aromatic carbocycles. The van der Waals surface area contributed by atoms with Crippen molar-refractivity contribution in [1.82, 2.24) is 0 Å². The van der Waals surface area contributed by atoms with E-state index in [1.54, 1.807) is 6.92 Å². The number of alkyl halides is 3. The van der Waals surface area contributed by atoms with E-state index in [2.05, 4.69) is 5.16 Å². The number of oxime groups is 1. The van der Waals surface area contributed by atoms with Gasteiger partial charge in [-0.1, -0.05) is 35.3 Å². The lowest BCUT2D eigenvalue weighted by Gasteiger charge is -2.14. The Bertz CT molecular complexity index is 775. The van der Waals surface area contributed by atoms with Gasteiger partial charge in [0.05, 0.1) is 16.3 Å². The molecule has 0 saturated carbocycles. The second-order valence-corrected chi connectivity index (χ2v) is 5.59. The SMILES string of the molecule is CCC(=NOc1ccc(F)c(Cl)c1)c1cc(Cl)ccc1C(F)(F)F. The van der Waals surface area contributed by atoms with Crippen molar-refractivity contribution in [2.24, 2.45) is 5.16 Å². The van der Waals surface area contributed by atoms with Crippen LogP contribution in [-0.2, 0) is 6.18 Å². The first-order chi connectivity index (χ1) is 11.2. The molecule has 0 saturated heterocycles. The van der Waals surface area contributed by atoms with Crippen molar-refractivity contribution in [3.63, 3.8) is 0 Å². The van der Waals surface area contributed by atoms with Crippen molar-refractivity contribution in [3.05, 3.63) is 63.4 Å². The summed E-state index contributed by atoms with van der Waals surface area (Å²) in [6.07, 6.45) is -4.40. The molecule has 24 heavy (non-hydrogen) atoms. The zero-order valence-electron chi connectivity index (χ0n) is 12.3. The summed E-state index contributed by atoms with van der Waals surface area (Å²) in [6, 6.07) is 6.73. The Labute approximate surface area is 145 Å². The minimum Gasteiger partial charge on any atom is -0.357 e. The van der Waals surface area contributed by atoms with E-state index in [4.69, 9.17) is 28.0 Å². The molecule has 0 amide bonds. The molecule has 0 atom stereocenters. The molecule has 0 bridgehead atoms. The highest BCUT2D eigenvalue weighted by molar-refractivity contribution is 6.31. The Balaban J connectivity index is 2.40. The van der Waals surface area contributed by atoms with E-state index < -0.39 is 17.6 Å². The van der Waals surface area contributed by atoms with Crippen LogP contribution in [0.4, 0.5) is 17.6 Å². The van der Waals surface area contributed by atoms with Crippen LogP contribution in [0.1, 0.15) is 24.5 Å². The lowest BCUT2D eigenvalue weighted by Crippen LogP contribution is -2.14. The molecule has 2 rings (SSSR count). The molecule has 128 valence electrons. The fourth-order valence-electron chi connectivity index (χ4n) is 1.95. The average Bonchev–Trinajstić information content (AvgIpc) is 2.50. The van der Waals surface area contributed by atoms with Crippen molar-refractivity contribution in [3.8, 4) is 5.75 Å². The fraction of sp³-hybridized carbons (Fsp3) is 0.188. The van der Waals surface area contributed by atoms with E-state index >= 15 is 0 Å².